The van der Waals surface area contributed by atoms with Gasteiger partial charge in [0.2, 0.25) is 0 Å². The summed E-state index contributed by atoms with van der Waals surface area (Å²) in [6, 6.07) is 3.59. The topological polar surface area (TPSA) is 68.3 Å². The first kappa shape index (κ1) is 15.3. The number of benzene rings is 1. The maximum Gasteiger partial charge on any atom is 0.294 e. The number of hydrogen-bond donors (Lipinski definition) is 1. The molecule has 1 atom stereocenters. The van der Waals surface area contributed by atoms with Crippen LogP contribution in [-0.2, 0) is 0 Å². The minimum Gasteiger partial charge on any atom is -0.466 e. The molecule has 0 spiro atoms. The first-order valence-corrected chi connectivity index (χ1v) is 6.64. The van der Waals surface area contributed by atoms with Crippen molar-refractivity contribution in [2.45, 2.75) is 26.8 Å². The molecular weight excluding hydrogens is 299 g/mol. The average molecular weight is 313 g/mol. The molecule has 0 bridgehead atoms. The van der Waals surface area contributed by atoms with Gasteiger partial charge in [-0.25, -0.2) is 4.39 Å². The van der Waals surface area contributed by atoms with Crippen molar-refractivity contribution in [1.29, 1.82) is 0 Å². The molecule has 2 rings (SSSR count). The third-order valence-corrected chi connectivity index (χ3v) is 3.44. The van der Waals surface area contributed by atoms with E-state index in [1.165, 1.54) is 0 Å². The highest BCUT2D eigenvalue weighted by molar-refractivity contribution is 6.31. The van der Waals surface area contributed by atoms with E-state index in [2.05, 4.69) is 5.32 Å². The molecule has 0 radical (unpaired) electrons. The van der Waals surface area contributed by atoms with Crippen LogP contribution in [0, 0.1) is 29.8 Å². The Morgan fingerprint density at radius 3 is 2.57 bits per heavy atom. The molecule has 1 N–H and O–H groups in total. The Labute approximate surface area is 125 Å². The number of rotatable bonds is 4. The second-order valence-corrected chi connectivity index (χ2v) is 5.18. The number of nitrogens with zero attached hydrogens (tertiary/aromatic N) is 1. The summed E-state index contributed by atoms with van der Waals surface area (Å²) in [6.45, 7) is 5.43. The van der Waals surface area contributed by atoms with E-state index in [9.17, 15) is 14.5 Å². The zero-order chi connectivity index (χ0) is 15.7. The lowest BCUT2D eigenvalue weighted by atomic mass is 10.1. The molecule has 0 aliphatic heterocycles. The number of nitro groups is 1. The first-order chi connectivity index (χ1) is 9.79. The number of aryl methyl sites for hydroxylation is 2. The van der Waals surface area contributed by atoms with Crippen LogP contribution in [0.5, 0.6) is 0 Å². The van der Waals surface area contributed by atoms with Crippen molar-refractivity contribution in [1.82, 2.24) is 0 Å². The molecule has 5 nitrogen and oxygen atoms in total. The van der Waals surface area contributed by atoms with Crippen molar-refractivity contribution in [3.63, 3.8) is 0 Å². The van der Waals surface area contributed by atoms with Gasteiger partial charge in [-0.1, -0.05) is 11.6 Å². The van der Waals surface area contributed by atoms with Crippen molar-refractivity contribution in [2.24, 2.45) is 0 Å². The van der Waals surface area contributed by atoms with Crippen molar-refractivity contribution >= 4 is 23.0 Å². The van der Waals surface area contributed by atoms with Crippen LogP contribution < -0.4 is 5.32 Å². The van der Waals surface area contributed by atoms with Gasteiger partial charge in [0.05, 0.1) is 16.0 Å². The zero-order valence-electron chi connectivity index (χ0n) is 11.7. The molecule has 7 heteroatoms. The average Bonchev–Trinajstić information content (AvgIpc) is 2.72. The predicted molar refractivity (Wildman–Crippen MR) is 78.3 cm³/mol. The van der Waals surface area contributed by atoms with Crippen LogP contribution in [0.1, 0.15) is 30.0 Å². The van der Waals surface area contributed by atoms with Gasteiger partial charge in [-0.05, 0) is 26.8 Å². The lowest BCUT2D eigenvalue weighted by Crippen LogP contribution is -2.09. The van der Waals surface area contributed by atoms with Crippen molar-refractivity contribution in [2.75, 3.05) is 5.32 Å². The molecule has 2 aromatic rings. The summed E-state index contributed by atoms with van der Waals surface area (Å²) in [4.78, 5) is 10.4. The van der Waals surface area contributed by atoms with Crippen molar-refractivity contribution in [3.05, 3.63) is 56.2 Å². The molecule has 1 heterocycles. The van der Waals surface area contributed by atoms with E-state index in [0.717, 1.165) is 23.5 Å². The Bertz CT molecular complexity index is 700. The summed E-state index contributed by atoms with van der Waals surface area (Å²) < 4.78 is 19.0. The molecule has 0 fully saturated rings. The zero-order valence-corrected chi connectivity index (χ0v) is 12.5. The molecule has 0 aliphatic rings. The standard InChI is InChI=1S/C14H14ClFN2O3/c1-7-4-10(9(3)21-7)8(2)17-13-6-12(16)11(15)5-14(13)18(19)20/h4-6,8,17H,1-3H3. The van der Waals surface area contributed by atoms with E-state index in [0.29, 0.717) is 5.76 Å². The predicted octanol–water partition coefficient (Wildman–Crippen LogP) is 4.77. The highest BCUT2D eigenvalue weighted by Gasteiger charge is 2.21. The smallest absolute Gasteiger partial charge is 0.294 e. The molecule has 1 aromatic carbocycles. The molecule has 1 unspecified atom stereocenters. The van der Waals surface area contributed by atoms with Gasteiger partial charge >= 0.3 is 0 Å². The van der Waals surface area contributed by atoms with Crippen LogP contribution >= 0.6 is 11.6 Å². The van der Waals surface area contributed by atoms with Gasteiger partial charge in [-0.3, -0.25) is 10.1 Å². The van der Waals surface area contributed by atoms with Crippen LogP contribution in [0.4, 0.5) is 15.8 Å². The molecule has 0 amide bonds. The number of hydrogen-bond acceptors (Lipinski definition) is 4. The summed E-state index contributed by atoms with van der Waals surface area (Å²) in [6.07, 6.45) is 0. The number of nitrogens with one attached hydrogen (secondary N) is 1. The van der Waals surface area contributed by atoms with E-state index in [-0.39, 0.29) is 22.4 Å². The Balaban J connectivity index is 2.36. The summed E-state index contributed by atoms with van der Waals surface area (Å²) >= 11 is 5.59. The molecule has 1 aromatic heterocycles. The van der Waals surface area contributed by atoms with Crippen LogP contribution in [0.3, 0.4) is 0 Å². The fourth-order valence-electron chi connectivity index (χ4n) is 2.19. The van der Waals surface area contributed by atoms with E-state index < -0.39 is 10.7 Å². The summed E-state index contributed by atoms with van der Waals surface area (Å²) in [5.41, 5.74) is 0.663. The monoisotopic (exact) mass is 312 g/mol. The van der Waals surface area contributed by atoms with Gasteiger partial charge < -0.3 is 9.73 Å². The fraction of sp³-hybridized carbons (Fsp3) is 0.286. The molecule has 0 aliphatic carbocycles. The molecular formula is C14H14ClFN2O3. The second-order valence-electron chi connectivity index (χ2n) is 4.78. The Hall–Kier alpha value is -2.08. The van der Waals surface area contributed by atoms with Gasteiger partial charge in [0, 0.05) is 17.7 Å². The molecule has 0 saturated heterocycles. The maximum absolute atomic E-state index is 13.5. The SMILES string of the molecule is Cc1cc(C(C)Nc2cc(F)c(Cl)cc2[N+](=O)[O-])c(C)o1. The van der Waals surface area contributed by atoms with E-state index in [1.807, 2.05) is 19.9 Å². The lowest BCUT2D eigenvalue weighted by molar-refractivity contribution is -0.384. The Morgan fingerprint density at radius 2 is 2.05 bits per heavy atom. The first-order valence-electron chi connectivity index (χ1n) is 6.26. The molecule has 112 valence electrons. The summed E-state index contributed by atoms with van der Waals surface area (Å²) in [7, 11) is 0. The van der Waals surface area contributed by atoms with E-state index >= 15 is 0 Å². The largest absolute Gasteiger partial charge is 0.466 e. The van der Waals surface area contributed by atoms with E-state index in [1.54, 1.807) is 6.92 Å². The second kappa shape index (κ2) is 5.73. The van der Waals surface area contributed by atoms with Gasteiger partial charge in [-0.2, -0.15) is 0 Å². The van der Waals surface area contributed by atoms with Gasteiger partial charge in [0.1, 0.15) is 23.0 Å². The Morgan fingerprint density at radius 1 is 1.38 bits per heavy atom. The van der Waals surface area contributed by atoms with Gasteiger partial charge in [0.15, 0.2) is 0 Å². The van der Waals surface area contributed by atoms with Crippen LogP contribution in [-0.4, -0.2) is 4.92 Å². The molecule has 0 saturated carbocycles. The minimum atomic E-state index is -0.711. The van der Waals surface area contributed by atoms with Crippen LogP contribution in [0.15, 0.2) is 22.6 Å². The third-order valence-electron chi connectivity index (χ3n) is 3.15. The van der Waals surface area contributed by atoms with E-state index in [4.69, 9.17) is 16.0 Å². The normalized spacial score (nSPS) is 12.2. The van der Waals surface area contributed by atoms with Crippen molar-refractivity contribution < 1.29 is 13.7 Å². The van der Waals surface area contributed by atoms with Crippen LogP contribution in [0.25, 0.3) is 0 Å². The number of furan rings is 1. The molecule has 21 heavy (non-hydrogen) atoms. The quantitative estimate of drug-likeness (QED) is 0.652. The number of halogens is 2. The highest BCUT2D eigenvalue weighted by Crippen LogP contribution is 2.33. The fourth-order valence-corrected chi connectivity index (χ4v) is 2.35. The number of anilines is 1. The third kappa shape index (κ3) is 3.16. The minimum absolute atomic E-state index is 0.0765. The van der Waals surface area contributed by atoms with Gasteiger partial charge in [0.25, 0.3) is 5.69 Å². The highest BCUT2D eigenvalue weighted by atomic mass is 35.5. The Kier molecular flexibility index (Phi) is 4.18. The maximum atomic E-state index is 13.5. The summed E-state index contributed by atoms with van der Waals surface area (Å²) in [5.74, 6) is 0.745. The lowest BCUT2D eigenvalue weighted by Gasteiger charge is -2.15. The number of nitro benzene ring substituents is 1. The van der Waals surface area contributed by atoms with Gasteiger partial charge in [-0.15, -0.1) is 0 Å². The summed E-state index contributed by atoms with van der Waals surface area (Å²) in [5, 5.41) is 13.7. The van der Waals surface area contributed by atoms with Crippen molar-refractivity contribution in [3.8, 4) is 0 Å². The van der Waals surface area contributed by atoms with Crippen LogP contribution in [0.2, 0.25) is 5.02 Å².